The summed E-state index contributed by atoms with van der Waals surface area (Å²) in [5.41, 5.74) is 20.6. The largest absolute Gasteiger partial charge is 0.496 e. The molecule has 8 aromatic carbocycles. The minimum atomic E-state index is -0.451. The van der Waals surface area contributed by atoms with E-state index in [1.165, 1.54) is 23.7 Å². The fourth-order valence-electron chi connectivity index (χ4n) is 12.5. The summed E-state index contributed by atoms with van der Waals surface area (Å²) >= 11 is 1.59. The van der Waals surface area contributed by atoms with Gasteiger partial charge in [0.2, 0.25) is 5.89 Å². The molecule has 0 radical (unpaired) electrons. The molecule has 0 aliphatic carbocycles. The molecule has 0 spiro atoms. The number of aromatic amines is 2. The van der Waals surface area contributed by atoms with Crippen LogP contribution in [0.2, 0.25) is 0 Å². The highest BCUT2D eigenvalue weighted by Crippen LogP contribution is 2.38. The van der Waals surface area contributed by atoms with Crippen LogP contribution in [0.5, 0.6) is 46.0 Å². The molecule has 2 N–H and O–H groups in total. The molecule has 0 aliphatic heterocycles. The first-order valence-corrected chi connectivity index (χ1v) is 38.4. The number of aryl methyl sites for hydroxylation is 13. The van der Waals surface area contributed by atoms with E-state index in [1.807, 2.05) is 232 Å². The smallest absolute Gasteiger partial charge is 0.251 e. The number of nitrogens with one attached hydrogen (secondary N) is 2. The zero-order valence-electron chi connectivity index (χ0n) is 70.8. The van der Waals surface area contributed by atoms with Gasteiger partial charge in [0.05, 0.1) is 114 Å². The number of hydrogen-bond acceptors (Lipinski definition) is 26. The van der Waals surface area contributed by atoms with Gasteiger partial charge in [0, 0.05) is 49.3 Å². The molecular formula is C88H98FN21O9S. The molecule has 32 heteroatoms. The molecule has 120 heavy (non-hydrogen) atoms. The summed E-state index contributed by atoms with van der Waals surface area (Å²) in [6, 6.07) is 49.3. The molecule has 0 atom stereocenters. The minimum absolute atomic E-state index is 0.223. The Labute approximate surface area is 700 Å². The van der Waals surface area contributed by atoms with Crippen LogP contribution in [0.1, 0.15) is 56.2 Å². The van der Waals surface area contributed by atoms with E-state index in [1.54, 1.807) is 104 Å². The summed E-state index contributed by atoms with van der Waals surface area (Å²) in [5.74, 6) is 11.3. The third-order valence-corrected chi connectivity index (χ3v) is 18.7. The molecule has 0 fully saturated rings. The standard InChI is InChI=1S/C12H14FN3O.C12H12N2O.2C11H13N3O.C11H12N2O2.C11H11NOS.C10H12N4O.C10H11N3O/c1-9-4-3-5-10(11(9)17-2)12-14-8-16(15-12)7-6-13;1-9-4-3-5-10(12(9)15-2)11-6-7-13-8-14-11;1-8-5-4-6-9(10(8)15-3)11-12-7-13-14(11)2;1-7-5-4-6-9(10(7)15-3)11-12-8(2)13-14-11;1-7-5-4-6-9(10(7)14-3)11-13-12-8(2)15-11;1-8-4-3-5-9(11(8)13-2)10-6-14-7-12-10;1-7-5-4-6-8(9(7)15-3)10-11-12-13-14(10)2;1-7-4-3-5-8(10(7)14-2)9-6-11-13-12-9/h3-5,8H,6-7H2,1-2H3;3-8H,1-2H3;4-7H,1-3H3;4-6H,1-3H3,(H,12,13,14);4-6H,1-3H3;3-7H,1-2H3;4-6H,1-3H3;3-6H,1-2H3,(H,11,12,13). The van der Waals surface area contributed by atoms with Gasteiger partial charge in [0.1, 0.15) is 83.2 Å². The summed E-state index contributed by atoms with van der Waals surface area (Å²) in [6.45, 7) is 19.4. The molecule has 8 heterocycles. The van der Waals surface area contributed by atoms with Crippen molar-refractivity contribution in [3.05, 3.63) is 250 Å². The maximum absolute atomic E-state index is 12.2. The van der Waals surface area contributed by atoms with Gasteiger partial charge < -0.3 is 42.3 Å². The molecule has 622 valence electrons. The third-order valence-electron chi connectivity index (χ3n) is 18.1. The number of ether oxygens (including phenoxy) is 8. The number of H-pyrrole nitrogens is 2. The lowest BCUT2D eigenvalue weighted by atomic mass is 10.1. The van der Waals surface area contributed by atoms with Gasteiger partial charge in [-0.2, -0.15) is 30.7 Å². The summed E-state index contributed by atoms with van der Waals surface area (Å²) in [7, 11) is 16.9. The molecular weight excluding hydrogens is 1550 g/mol. The number of methoxy groups -OCH3 is 8. The van der Waals surface area contributed by atoms with Gasteiger partial charge >= 0.3 is 0 Å². The van der Waals surface area contributed by atoms with E-state index in [2.05, 4.69) is 91.4 Å². The second-order valence-corrected chi connectivity index (χ2v) is 27.0. The number of rotatable bonds is 18. The zero-order chi connectivity index (χ0) is 86.2. The van der Waals surface area contributed by atoms with E-state index in [0.29, 0.717) is 29.3 Å². The van der Waals surface area contributed by atoms with Crippen LogP contribution in [0, 0.1) is 69.2 Å². The number of aromatic nitrogens is 21. The Hall–Kier alpha value is -14.4. The van der Waals surface area contributed by atoms with Crippen molar-refractivity contribution in [3.8, 4) is 137 Å². The Bertz CT molecular complexity index is 5590. The summed E-state index contributed by atoms with van der Waals surface area (Å²) in [5, 5.41) is 46.7. The van der Waals surface area contributed by atoms with E-state index in [4.69, 9.17) is 42.3 Å². The van der Waals surface area contributed by atoms with Crippen molar-refractivity contribution in [2.45, 2.75) is 75.8 Å². The third kappa shape index (κ3) is 23.0. The lowest BCUT2D eigenvalue weighted by molar-refractivity contribution is 0.411. The van der Waals surface area contributed by atoms with E-state index in [9.17, 15) is 4.39 Å². The normalized spacial score (nSPS) is 10.3. The number of hydrogen-bond donors (Lipinski definition) is 2. The van der Waals surface area contributed by atoms with Gasteiger partial charge in [-0.15, -0.1) is 26.6 Å². The van der Waals surface area contributed by atoms with Gasteiger partial charge in [-0.1, -0.05) is 97.1 Å². The second kappa shape index (κ2) is 44.6. The Balaban J connectivity index is 0.000000156. The number of benzene rings is 8. The second-order valence-electron chi connectivity index (χ2n) is 26.3. The number of alkyl halides is 1. The fraction of sp³-hybridized carbons (Fsp3) is 0.250. The van der Waals surface area contributed by atoms with E-state index >= 15 is 0 Å². The molecule has 0 aliphatic rings. The lowest BCUT2D eigenvalue weighted by Gasteiger charge is -2.09. The number of nitrogens with zero attached hydrogens (tertiary/aromatic N) is 19. The molecule has 0 saturated heterocycles. The average molecular weight is 1640 g/mol. The molecule has 30 nitrogen and oxygen atoms in total. The van der Waals surface area contributed by atoms with E-state index in [-0.39, 0.29) is 6.54 Å². The zero-order valence-corrected chi connectivity index (χ0v) is 71.7. The highest BCUT2D eigenvalue weighted by Gasteiger charge is 2.19. The molecule has 16 aromatic rings. The number of halogens is 1. The van der Waals surface area contributed by atoms with Crippen molar-refractivity contribution in [1.82, 2.24) is 105 Å². The van der Waals surface area contributed by atoms with Crippen molar-refractivity contribution < 1.29 is 46.7 Å². The summed E-state index contributed by atoms with van der Waals surface area (Å²) in [6.07, 6.45) is 8.01. The Morgan fingerprint density at radius 3 is 1.26 bits per heavy atom. The maximum atomic E-state index is 12.2. The predicted molar refractivity (Wildman–Crippen MR) is 460 cm³/mol. The Morgan fingerprint density at radius 1 is 0.425 bits per heavy atom. The van der Waals surface area contributed by atoms with Gasteiger partial charge in [-0.25, -0.2) is 48.3 Å². The van der Waals surface area contributed by atoms with E-state index < -0.39 is 6.67 Å². The molecule has 16 rings (SSSR count). The highest BCUT2D eigenvalue weighted by molar-refractivity contribution is 7.07. The number of para-hydroxylation sites is 8. The van der Waals surface area contributed by atoms with Crippen molar-refractivity contribution in [2.24, 2.45) is 14.1 Å². The van der Waals surface area contributed by atoms with Gasteiger partial charge in [0.25, 0.3) is 5.89 Å². The number of tetrazole rings is 1. The summed E-state index contributed by atoms with van der Waals surface area (Å²) < 4.78 is 65.2. The topological polar surface area (TPSA) is 340 Å². The highest BCUT2D eigenvalue weighted by atomic mass is 32.1. The number of thiazole rings is 1. The average Bonchev–Trinajstić information content (AvgIpc) is 1.66. The van der Waals surface area contributed by atoms with Crippen LogP contribution in [-0.2, 0) is 20.6 Å². The molecule has 8 aromatic heterocycles. The van der Waals surface area contributed by atoms with Crippen LogP contribution in [-0.4, -0.2) is 169 Å². The van der Waals surface area contributed by atoms with Crippen LogP contribution in [0.3, 0.4) is 0 Å². The van der Waals surface area contributed by atoms with Gasteiger partial charge in [-0.3, -0.25) is 5.10 Å². The molecule has 0 amide bonds. The SMILES string of the molecule is COc1c(C)cccc1-c1ccncn1.COc1c(C)cccc1-c1cn[nH]n1.COc1c(C)cccc1-c1cscn1.COc1c(C)cccc1-c1n[nH]c(C)n1.COc1c(C)cccc1-c1ncn(CCF)n1.COc1c(C)cccc1-c1ncnn1C.COc1c(C)cccc1-c1nnc(C)o1.COc1c(C)cccc1-c1nnnn1C. The lowest BCUT2D eigenvalue weighted by Crippen LogP contribution is -2.00. The van der Waals surface area contributed by atoms with E-state index in [0.717, 1.165) is 164 Å². The molecule has 0 unspecified atom stereocenters. The van der Waals surface area contributed by atoms with Crippen LogP contribution in [0.4, 0.5) is 4.39 Å². The van der Waals surface area contributed by atoms with Gasteiger partial charge in [-0.05, 0) is 172 Å². The fourth-order valence-corrected chi connectivity index (χ4v) is 13.0. The summed E-state index contributed by atoms with van der Waals surface area (Å²) in [4.78, 5) is 25.0. The van der Waals surface area contributed by atoms with Crippen molar-refractivity contribution in [3.63, 3.8) is 0 Å². The molecule has 0 saturated carbocycles. The van der Waals surface area contributed by atoms with Crippen LogP contribution in [0.15, 0.2) is 198 Å². The van der Waals surface area contributed by atoms with Gasteiger partial charge in [0.15, 0.2) is 23.3 Å². The van der Waals surface area contributed by atoms with Crippen molar-refractivity contribution in [1.29, 1.82) is 0 Å². The van der Waals surface area contributed by atoms with Crippen LogP contribution < -0.4 is 37.9 Å². The Morgan fingerprint density at radius 2 is 0.867 bits per heavy atom. The minimum Gasteiger partial charge on any atom is -0.496 e. The van der Waals surface area contributed by atoms with Crippen LogP contribution >= 0.6 is 11.3 Å². The maximum Gasteiger partial charge on any atom is 0.251 e. The first-order chi connectivity index (χ1) is 58.1. The van der Waals surface area contributed by atoms with Crippen molar-refractivity contribution in [2.75, 3.05) is 63.6 Å². The Kier molecular flexibility index (Phi) is 33.3. The molecule has 0 bridgehead atoms. The van der Waals surface area contributed by atoms with Crippen molar-refractivity contribution >= 4 is 11.3 Å². The van der Waals surface area contributed by atoms with Crippen LogP contribution in [0.25, 0.3) is 90.8 Å². The monoisotopic (exact) mass is 1640 g/mol. The quantitative estimate of drug-likeness (QED) is 0.0806. The first-order valence-electron chi connectivity index (χ1n) is 37.5. The first kappa shape index (κ1) is 89.5. The predicted octanol–water partition coefficient (Wildman–Crippen LogP) is 17.1.